The van der Waals surface area contributed by atoms with E-state index in [1.807, 2.05) is 13.8 Å². The van der Waals surface area contributed by atoms with Crippen molar-refractivity contribution in [1.29, 1.82) is 0 Å². The number of hydrogen-bond donors (Lipinski definition) is 2. The lowest BCUT2D eigenvalue weighted by Crippen LogP contribution is -2.57. The van der Waals surface area contributed by atoms with Crippen LogP contribution in [0.1, 0.15) is 47.1 Å². The lowest BCUT2D eigenvalue weighted by atomic mass is 9.57. The Hall–Kier alpha value is -4.15. The summed E-state index contributed by atoms with van der Waals surface area (Å²) < 4.78 is 8.72. The molecular weight excluding hydrogens is 568 g/mol. The summed E-state index contributed by atoms with van der Waals surface area (Å²) >= 11 is 0. The molecule has 3 heterocycles. The lowest BCUT2D eigenvalue weighted by Gasteiger charge is -2.31. The van der Waals surface area contributed by atoms with Crippen LogP contribution in [0.2, 0.25) is 0 Å². The average Bonchev–Trinajstić information content (AvgIpc) is 3.66. The summed E-state index contributed by atoms with van der Waals surface area (Å²) in [7, 11) is 57.9. The molecule has 0 saturated heterocycles. The fourth-order valence-corrected chi connectivity index (χ4v) is 5.31. The standard InChI is InChI=1S/C27H18B9N7O3/c1-4-42-7-37-27(41-42)40-25(45)8-6-9-23(39-26(8)46-3)38-24(43(9)5-2)10(11-13(28)16(31)19(34)17(32)14(11)29)12-15(30)18(33)20(35)21(36)22(12)44/h6-7,10,44H,4-5H2,1-3H3,(H,40,41,45). The van der Waals surface area contributed by atoms with Gasteiger partial charge in [-0.2, -0.15) is 4.98 Å². The Morgan fingerprint density at radius 1 is 0.848 bits per heavy atom. The summed E-state index contributed by atoms with van der Waals surface area (Å²) in [6, 6.07) is 1.54. The first-order valence-corrected chi connectivity index (χ1v) is 13.9. The van der Waals surface area contributed by atoms with Crippen molar-refractivity contribution in [2.24, 2.45) is 0 Å². The highest BCUT2D eigenvalue weighted by atomic mass is 16.5. The van der Waals surface area contributed by atoms with E-state index >= 15 is 0 Å². The molecule has 0 aliphatic rings. The highest BCUT2D eigenvalue weighted by Gasteiger charge is 2.33. The van der Waals surface area contributed by atoms with E-state index in [0.717, 1.165) is 0 Å². The van der Waals surface area contributed by atoms with Crippen LogP contribution in [0.5, 0.6) is 11.6 Å². The summed E-state index contributed by atoms with van der Waals surface area (Å²) in [5.41, 5.74) is -0.146. The molecule has 0 fully saturated rings. The van der Waals surface area contributed by atoms with Crippen LogP contribution >= 0.6 is 0 Å². The molecule has 5 rings (SSSR count). The van der Waals surface area contributed by atoms with Crippen LogP contribution in [0.15, 0.2) is 12.4 Å². The maximum atomic E-state index is 13.4. The smallest absolute Gasteiger partial charge is 0.263 e. The summed E-state index contributed by atoms with van der Waals surface area (Å²) in [5, 5.41) is 18.2. The summed E-state index contributed by atoms with van der Waals surface area (Å²) in [5.74, 6) is -2.05. The number of aryl methyl sites for hydroxylation is 2. The number of ether oxygens (including phenoxy) is 1. The molecule has 19 heteroatoms. The van der Waals surface area contributed by atoms with Crippen LogP contribution in [0.4, 0.5) is 5.95 Å². The first-order chi connectivity index (χ1) is 21.8. The second-order valence-electron chi connectivity index (χ2n) is 10.3. The molecule has 3 aromatic heterocycles. The van der Waals surface area contributed by atoms with Gasteiger partial charge >= 0.3 is 0 Å². The number of imidazole rings is 1. The molecule has 0 aliphatic carbocycles. The minimum absolute atomic E-state index is 0.0290. The normalized spacial score (nSPS) is 12.0. The molecule has 0 saturated carbocycles. The van der Waals surface area contributed by atoms with Crippen molar-refractivity contribution in [3.05, 3.63) is 34.9 Å². The van der Waals surface area contributed by atoms with E-state index in [1.165, 1.54) is 19.5 Å². The number of nitrogens with one attached hydrogen (secondary N) is 1. The number of carbonyl (C=O) groups is 1. The van der Waals surface area contributed by atoms with Crippen molar-refractivity contribution in [3.8, 4) is 11.6 Å². The Balaban J connectivity index is 1.83. The predicted octanol–water partition coefficient (Wildman–Crippen LogP) is -6.65. The number of phenols is 1. The molecule has 1 amide bonds. The highest BCUT2D eigenvalue weighted by Crippen LogP contribution is 2.35. The maximum absolute atomic E-state index is 13.4. The van der Waals surface area contributed by atoms with Crippen molar-refractivity contribution in [1.82, 2.24) is 29.3 Å². The molecule has 10 nitrogen and oxygen atoms in total. The SMILES string of the molecule is [B]c1c([B])c([B])c(C(c2c([B])c([B])c([B])c([B])c2O)c2nc3nc(OC)c(C(=O)Nc4ncn(CC)n4)cc3n2CC)c([B])c1[B]. The second kappa shape index (κ2) is 12.6. The summed E-state index contributed by atoms with van der Waals surface area (Å²) in [6.45, 7) is 4.53. The number of carbonyl (C=O) groups excluding carboxylic acids is 1. The van der Waals surface area contributed by atoms with Gasteiger partial charge in [-0.05, 0) is 25.5 Å². The van der Waals surface area contributed by atoms with Gasteiger partial charge in [0.25, 0.3) is 5.91 Å². The topological polar surface area (TPSA) is 120 Å². The Morgan fingerprint density at radius 2 is 1.41 bits per heavy atom. The number of nitrogens with zero attached hydrogens (tertiary/aromatic N) is 6. The third-order valence-electron chi connectivity index (χ3n) is 7.82. The van der Waals surface area contributed by atoms with E-state index in [1.54, 1.807) is 9.25 Å². The van der Waals surface area contributed by atoms with Gasteiger partial charge in [-0.1, -0.05) is 10.9 Å². The molecule has 46 heavy (non-hydrogen) atoms. The van der Waals surface area contributed by atoms with Crippen molar-refractivity contribution in [3.63, 3.8) is 0 Å². The molecule has 1 atom stereocenters. The zero-order chi connectivity index (χ0) is 33.8. The highest BCUT2D eigenvalue weighted by molar-refractivity contribution is 6.67. The number of phenolic OH excluding ortho intramolecular Hbond substituents is 1. The van der Waals surface area contributed by atoms with Crippen molar-refractivity contribution in [2.75, 3.05) is 12.4 Å². The molecular formula is C27H18B9N7O3. The molecule has 0 aliphatic heterocycles. The van der Waals surface area contributed by atoms with Gasteiger partial charge in [0.15, 0.2) is 5.65 Å². The van der Waals surface area contributed by atoms with E-state index < -0.39 is 17.6 Å². The van der Waals surface area contributed by atoms with Crippen molar-refractivity contribution < 1.29 is 14.6 Å². The number of rotatable bonds is 8. The molecule has 2 aromatic carbocycles. The van der Waals surface area contributed by atoms with Gasteiger partial charge in [0.2, 0.25) is 11.8 Å². The Morgan fingerprint density at radius 3 is 1.96 bits per heavy atom. The van der Waals surface area contributed by atoms with Crippen LogP contribution in [0, 0.1) is 0 Å². The first kappa shape index (κ1) is 33.2. The monoisotopic (exact) mass is 587 g/mol. The fraction of sp³-hybridized carbons (Fsp3) is 0.222. The Labute approximate surface area is 278 Å². The van der Waals surface area contributed by atoms with E-state index in [-0.39, 0.29) is 95.7 Å². The van der Waals surface area contributed by atoms with Gasteiger partial charge in [0.1, 0.15) is 94.1 Å². The molecule has 0 bridgehead atoms. The van der Waals surface area contributed by atoms with E-state index in [4.69, 9.17) is 80.3 Å². The van der Waals surface area contributed by atoms with Gasteiger partial charge in [0.05, 0.1) is 18.5 Å². The average molecular weight is 586 g/mol. The molecule has 5 aromatic rings. The maximum Gasteiger partial charge on any atom is 0.263 e. The molecule has 0 spiro atoms. The molecule has 2 N–H and O–H groups in total. The number of fused-ring (bicyclic) bond motifs is 1. The van der Waals surface area contributed by atoms with Crippen molar-refractivity contribution >= 4 is 143 Å². The number of anilines is 1. The summed E-state index contributed by atoms with van der Waals surface area (Å²) in [6.07, 6.45) is 1.48. The van der Waals surface area contributed by atoms with E-state index in [2.05, 4.69) is 20.4 Å². The van der Waals surface area contributed by atoms with Crippen LogP contribution in [-0.2, 0) is 13.1 Å². The van der Waals surface area contributed by atoms with Crippen LogP contribution < -0.4 is 59.2 Å². The quantitative estimate of drug-likeness (QED) is 0.174. The van der Waals surface area contributed by atoms with Crippen LogP contribution in [-0.4, -0.2) is 118 Å². The summed E-state index contributed by atoms with van der Waals surface area (Å²) in [4.78, 5) is 26.8. The number of pyridine rings is 1. The van der Waals surface area contributed by atoms with Crippen molar-refractivity contribution in [2.45, 2.75) is 32.9 Å². The molecule has 18 radical (unpaired) electrons. The van der Waals surface area contributed by atoms with E-state index in [9.17, 15) is 9.90 Å². The predicted molar refractivity (Wildman–Crippen MR) is 187 cm³/mol. The Kier molecular flexibility index (Phi) is 9.08. The van der Waals surface area contributed by atoms with Gasteiger partial charge in [-0.3, -0.25) is 14.8 Å². The third-order valence-corrected chi connectivity index (χ3v) is 7.82. The van der Waals surface area contributed by atoms with Gasteiger partial charge in [0, 0.05) is 18.7 Å². The number of hydrogen-bond acceptors (Lipinski definition) is 7. The molecule has 206 valence electrons. The third kappa shape index (κ3) is 5.27. The fourth-order valence-electron chi connectivity index (χ4n) is 5.31. The molecule has 1 unspecified atom stereocenters. The first-order valence-electron chi connectivity index (χ1n) is 13.9. The number of aromatic nitrogens is 6. The lowest BCUT2D eigenvalue weighted by molar-refractivity contribution is 0.102. The number of methoxy groups -OCH3 is 1. The van der Waals surface area contributed by atoms with Gasteiger partial charge in [-0.15, -0.1) is 43.3 Å². The zero-order valence-corrected chi connectivity index (χ0v) is 25.3. The zero-order valence-electron chi connectivity index (χ0n) is 25.3. The number of aromatic hydroxyl groups is 1. The largest absolute Gasteiger partial charge is 0.508 e. The minimum atomic E-state index is -1.21. The van der Waals surface area contributed by atoms with Crippen LogP contribution in [0.25, 0.3) is 11.2 Å². The van der Waals surface area contributed by atoms with E-state index in [0.29, 0.717) is 12.1 Å². The Bertz CT molecular complexity index is 1920. The minimum Gasteiger partial charge on any atom is -0.508 e. The van der Waals surface area contributed by atoms with Gasteiger partial charge < -0.3 is 14.4 Å². The van der Waals surface area contributed by atoms with Crippen LogP contribution in [0.3, 0.4) is 0 Å². The number of benzene rings is 2. The number of amides is 1. The second-order valence-corrected chi connectivity index (χ2v) is 10.3. The van der Waals surface area contributed by atoms with Gasteiger partial charge in [-0.25, -0.2) is 9.97 Å².